The number of benzene rings is 13. The topological polar surface area (TPSA) is 74.4 Å². The monoisotopic (exact) mass is 1130 g/mol. The highest BCUT2D eigenvalue weighted by atomic mass is 16.1. The Bertz CT molecular complexity index is 5010. The van der Waals surface area contributed by atoms with Gasteiger partial charge in [-0.05, 0) is 205 Å². The molecule has 3 aliphatic carbocycles. The van der Waals surface area contributed by atoms with Gasteiger partial charge in [0.1, 0.15) is 0 Å². The van der Waals surface area contributed by atoms with E-state index in [0.717, 1.165) is 129 Å². The van der Waals surface area contributed by atoms with Crippen molar-refractivity contribution in [3.63, 3.8) is 0 Å². The Kier molecular flexibility index (Phi) is 11.5. The van der Waals surface area contributed by atoms with E-state index in [4.69, 9.17) is 0 Å². The van der Waals surface area contributed by atoms with Gasteiger partial charge in [0, 0.05) is 50.9 Å². The number of anilines is 9. The van der Waals surface area contributed by atoms with E-state index in [-0.39, 0.29) is 5.78 Å². The van der Waals surface area contributed by atoms with Gasteiger partial charge in [-0.2, -0.15) is 10.5 Å². The van der Waals surface area contributed by atoms with E-state index in [2.05, 4.69) is 276 Å². The molecule has 1 heterocycles. The van der Waals surface area contributed by atoms with Crippen molar-refractivity contribution < 1.29 is 4.79 Å². The first-order chi connectivity index (χ1) is 44.0. The summed E-state index contributed by atoms with van der Waals surface area (Å²) >= 11 is 0. The predicted octanol–water partition coefficient (Wildman–Crippen LogP) is 20.1. The minimum atomic E-state index is -0.862. The van der Waals surface area contributed by atoms with Crippen LogP contribution in [-0.2, 0) is 10.8 Å². The Morgan fingerprint density at radius 1 is 0.281 bits per heavy atom. The molecule has 0 bridgehead atoms. The van der Waals surface area contributed by atoms with E-state index in [0.29, 0.717) is 22.3 Å². The molecule has 0 N–H and O–H groups in total. The van der Waals surface area contributed by atoms with Crippen molar-refractivity contribution in [2.45, 2.75) is 10.8 Å². The minimum absolute atomic E-state index is 0.0303. The molecule has 0 radical (unpaired) electrons. The highest BCUT2D eigenvalue weighted by molar-refractivity contribution is 6.15. The maximum Gasteiger partial charge on any atom is 0.193 e. The Morgan fingerprint density at radius 2 is 0.697 bits per heavy atom. The quantitative estimate of drug-likeness (QED) is 0.151. The van der Waals surface area contributed by atoms with Crippen LogP contribution in [0.2, 0.25) is 0 Å². The number of nitriles is 2. The lowest BCUT2D eigenvalue weighted by atomic mass is 9.57. The molecule has 414 valence electrons. The molecule has 2 spiro atoms. The van der Waals surface area contributed by atoms with E-state index < -0.39 is 10.8 Å². The van der Waals surface area contributed by atoms with Crippen LogP contribution in [0.5, 0.6) is 0 Å². The summed E-state index contributed by atoms with van der Waals surface area (Å²) < 4.78 is 0. The summed E-state index contributed by atoms with van der Waals surface area (Å²) in [5.74, 6) is 0.0303. The molecule has 4 aliphatic rings. The maximum atomic E-state index is 14.7. The Morgan fingerprint density at radius 3 is 1.24 bits per heavy atom. The van der Waals surface area contributed by atoms with Crippen molar-refractivity contribution in [3.05, 3.63) is 376 Å². The van der Waals surface area contributed by atoms with Crippen molar-refractivity contribution in [2.75, 3.05) is 14.7 Å². The van der Waals surface area contributed by atoms with Crippen LogP contribution < -0.4 is 14.7 Å². The molecule has 0 unspecified atom stereocenters. The standard InChI is InChI=1S/C83H51N5O/c84-52-54-36-43-73-69(46-54)70-47-55(53-85)37-44-74(70)83(73)76-50-63(86(58-21-5-1-6-22-58)59-23-7-2-8-24-59)39-41-65(76)66-42-40-64(51-77(66)83)87(60-25-9-3-10-26-60)62-29-19-20-56(48-62)57-38-45-80-78(49-57)82(75-34-17-18-35-79(75)88(80)61-27-11-4-12-28-61)71-32-15-13-30-67(71)81(89)68-31-14-16-33-72(68)82/h1-51H. The maximum absolute atomic E-state index is 14.7. The second-order valence-corrected chi connectivity index (χ2v) is 23.3. The zero-order chi connectivity index (χ0) is 59.4. The van der Waals surface area contributed by atoms with E-state index in [1.807, 2.05) is 60.7 Å². The SMILES string of the molecule is N#Cc1ccc2c(c1)-c1cc(C#N)ccc1C21c2cc(N(c3ccccc3)c3ccccc3)ccc2-c2ccc(N(c3ccccc3)c3cccc(-c4ccc5c(c4)C4(c6ccccc6C(=O)c6ccccc64)c4ccccc4N5c4ccccc4)c3)cc21. The Hall–Kier alpha value is -12.1. The molecule has 89 heavy (non-hydrogen) atoms. The highest BCUT2D eigenvalue weighted by Crippen LogP contribution is 2.65. The molecule has 0 aromatic heterocycles. The van der Waals surface area contributed by atoms with Gasteiger partial charge in [-0.1, -0.05) is 182 Å². The van der Waals surface area contributed by atoms with Gasteiger partial charge in [-0.3, -0.25) is 4.79 Å². The zero-order valence-corrected chi connectivity index (χ0v) is 48.1. The number of ketones is 1. The van der Waals surface area contributed by atoms with Gasteiger partial charge in [-0.15, -0.1) is 0 Å². The number of carbonyl (C=O) groups is 1. The summed E-state index contributed by atoms with van der Waals surface area (Å²) in [6.07, 6.45) is 0. The van der Waals surface area contributed by atoms with Gasteiger partial charge in [0.2, 0.25) is 0 Å². The number of hydrogen-bond acceptors (Lipinski definition) is 6. The minimum Gasteiger partial charge on any atom is -0.310 e. The van der Waals surface area contributed by atoms with Crippen molar-refractivity contribution in [1.82, 2.24) is 0 Å². The molecule has 0 saturated heterocycles. The highest BCUT2D eigenvalue weighted by Gasteiger charge is 2.54. The largest absolute Gasteiger partial charge is 0.310 e. The molecule has 6 heteroatoms. The normalized spacial score (nSPS) is 13.6. The van der Waals surface area contributed by atoms with E-state index in [1.54, 1.807) is 0 Å². The van der Waals surface area contributed by atoms with Gasteiger partial charge >= 0.3 is 0 Å². The second-order valence-electron chi connectivity index (χ2n) is 23.3. The van der Waals surface area contributed by atoms with Crippen LogP contribution in [0.25, 0.3) is 33.4 Å². The molecule has 1 aliphatic heterocycles. The summed E-state index contributed by atoms with van der Waals surface area (Å²) in [5, 5.41) is 20.9. The summed E-state index contributed by atoms with van der Waals surface area (Å²) in [7, 11) is 0. The second kappa shape index (κ2) is 20.0. The summed E-state index contributed by atoms with van der Waals surface area (Å²) in [6, 6.07) is 114. The third-order valence-corrected chi connectivity index (χ3v) is 18.9. The molecule has 13 aromatic carbocycles. The van der Waals surface area contributed by atoms with Crippen molar-refractivity contribution in [3.8, 4) is 45.5 Å². The van der Waals surface area contributed by atoms with Crippen LogP contribution in [0.15, 0.2) is 309 Å². The van der Waals surface area contributed by atoms with Gasteiger partial charge < -0.3 is 14.7 Å². The lowest BCUT2D eigenvalue weighted by molar-refractivity contribution is 0.103. The molecule has 0 fully saturated rings. The van der Waals surface area contributed by atoms with E-state index >= 15 is 0 Å². The van der Waals surface area contributed by atoms with E-state index in [9.17, 15) is 15.3 Å². The van der Waals surface area contributed by atoms with E-state index in [1.165, 1.54) is 0 Å². The summed E-state index contributed by atoms with van der Waals surface area (Å²) in [4.78, 5) is 21.8. The molecule has 0 amide bonds. The fraction of sp³-hybridized carbons (Fsp3) is 0.0241. The Labute approximate surface area is 516 Å². The molecule has 17 rings (SSSR count). The molecular weight excluding hydrogens is 1080 g/mol. The lowest BCUT2D eigenvalue weighted by Gasteiger charge is -2.49. The molecular formula is C83H51N5O. The predicted molar refractivity (Wildman–Crippen MR) is 357 cm³/mol. The smallest absolute Gasteiger partial charge is 0.193 e. The van der Waals surface area contributed by atoms with Crippen LogP contribution in [-0.4, -0.2) is 5.78 Å². The van der Waals surface area contributed by atoms with Gasteiger partial charge in [0.05, 0.1) is 45.5 Å². The van der Waals surface area contributed by atoms with Crippen molar-refractivity contribution in [1.29, 1.82) is 10.5 Å². The van der Waals surface area contributed by atoms with Crippen molar-refractivity contribution in [2.24, 2.45) is 0 Å². The number of rotatable bonds is 8. The van der Waals surface area contributed by atoms with Crippen LogP contribution in [0.1, 0.15) is 71.6 Å². The number of para-hydroxylation sites is 5. The number of carbonyl (C=O) groups excluding carboxylic acids is 1. The number of nitrogens with zero attached hydrogens (tertiary/aromatic N) is 5. The zero-order valence-electron chi connectivity index (χ0n) is 48.1. The Balaban J connectivity index is 0.876. The average molecular weight is 1130 g/mol. The molecule has 6 nitrogen and oxygen atoms in total. The lowest BCUT2D eigenvalue weighted by Crippen LogP contribution is -2.42. The van der Waals surface area contributed by atoms with Crippen LogP contribution in [0.3, 0.4) is 0 Å². The van der Waals surface area contributed by atoms with Crippen LogP contribution in [0, 0.1) is 22.7 Å². The number of hydrogen-bond donors (Lipinski definition) is 0. The summed E-state index contributed by atoms with van der Waals surface area (Å²) in [6.45, 7) is 0. The molecule has 0 saturated carbocycles. The van der Waals surface area contributed by atoms with Gasteiger partial charge in [0.15, 0.2) is 5.78 Å². The fourth-order valence-corrected chi connectivity index (χ4v) is 15.3. The van der Waals surface area contributed by atoms with Crippen LogP contribution >= 0.6 is 0 Å². The third-order valence-electron chi connectivity index (χ3n) is 18.9. The average Bonchev–Trinajstić information content (AvgIpc) is 1.68. The first-order valence-corrected chi connectivity index (χ1v) is 30.1. The summed E-state index contributed by atoms with van der Waals surface area (Å²) in [5.41, 5.74) is 24.5. The number of fused-ring (bicyclic) bond motifs is 18. The van der Waals surface area contributed by atoms with Gasteiger partial charge in [0.25, 0.3) is 0 Å². The molecule has 13 aromatic rings. The fourth-order valence-electron chi connectivity index (χ4n) is 15.3. The first kappa shape index (κ1) is 51.3. The molecule has 0 atom stereocenters. The van der Waals surface area contributed by atoms with Gasteiger partial charge in [-0.25, -0.2) is 0 Å². The van der Waals surface area contributed by atoms with Crippen LogP contribution in [0.4, 0.5) is 51.2 Å². The van der Waals surface area contributed by atoms with Crippen molar-refractivity contribution >= 4 is 57.0 Å². The third kappa shape index (κ3) is 7.45. The first-order valence-electron chi connectivity index (χ1n) is 30.1.